The number of Topliss-reactive ketones (excluding diaryl/α,β-unsaturated/α-hetero) is 1. The number of aromatic amines is 1. The molecule has 0 aliphatic heterocycles. The van der Waals surface area contributed by atoms with Crippen molar-refractivity contribution in [3.05, 3.63) is 66.5 Å². The Bertz CT molecular complexity index is 1110. The fourth-order valence-electron chi connectivity index (χ4n) is 3.06. The molecule has 0 fully saturated rings. The largest absolute Gasteiger partial charge is 0.354 e. The van der Waals surface area contributed by atoms with Gasteiger partial charge in [-0.05, 0) is 11.6 Å². The molecule has 0 saturated carbocycles. The second-order valence-electron chi connectivity index (χ2n) is 5.91. The first-order valence-corrected chi connectivity index (χ1v) is 9.61. The normalized spacial score (nSPS) is 12.3. The van der Waals surface area contributed by atoms with E-state index in [1.807, 2.05) is 54.6 Å². The molecule has 0 saturated heterocycles. The van der Waals surface area contributed by atoms with Crippen molar-refractivity contribution in [3.8, 4) is 11.3 Å². The average Bonchev–Trinajstić information content (AvgIpc) is 3.26. The van der Waals surface area contributed by atoms with Crippen LogP contribution in [0.1, 0.15) is 10.4 Å². The summed E-state index contributed by atoms with van der Waals surface area (Å²) in [5.74, 6) is -0.0900. The Morgan fingerprint density at radius 2 is 1.85 bits per heavy atom. The van der Waals surface area contributed by atoms with Gasteiger partial charge in [0.1, 0.15) is 6.33 Å². The van der Waals surface area contributed by atoms with Gasteiger partial charge in [-0.15, -0.1) is 10.2 Å². The Hall–Kier alpha value is -3.06. The van der Waals surface area contributed by atoms with Crippen LogP contribution in [0.4, 0.5) is 0 Å². The van der Waals surface area contributed by atoms with Gasteiger partial charge in [-0.25, -0.2) is 0 Å². The number of benzene rings is 2. The number of hydrogen-bond acceptors (Lipinski definition) is 4. The summed E-state index contributed by atoms with van der Waals surface area (Å²) in [7, 11) is -1.31. The highest BCUT2D eigenvalue weighted by Crippen LogP contribution is 2.31. The molecule has 4 aromatic rings. The van der Waals surface area contributed by atoms with Gasteiger partial charge >= 0.3 is 0 Å². The highest BCUT2D eigenvalue weighted by atomic mass is 32.2. The van der Waals surface area contributed by atoms with Crippen molar-refractivity contribution in [1.82, 2.24) is 19.7 Å². The number of aromatic nitrogens is 4. The summed E-state index contributed by atoms with van der Waals surface area (Å²) < 4.78 is 13.3. The summed E-state index contributed by atoms with van der Waals surface area (Å²) in [5, 5.41) is 8.78. The number of H-pyrrole nitrogens is 1. The minimum Gasteiger partial charge on any atom is -0.354 e. The standard InChI is InChI=1S/C19H16N4O2S/c1-26(25)19-22-20-12-23(19)11-16(24)17-14-9-5-6-10-15(14)21-18(17)13-7-3-2-4-8-13/h2-10,12,21H,11H2,1H3/t26-/m0/s1. The van der Waals surface area contributed by atoms with E-state index in [4.69, 9.17) is 0 Å². The third kappa shape index (κ3) is 2.86. The van der Waals surface area contributed by atoms with Crippen LogP contribution in [0.15, 0.2) is 66.1 Å². The summed E-state index contributed by atoms with van der Waals surface area (Å²) in [6.07, 6.45) is 2.96. The molecule has 0 spiro atoms. The summed E-state index contributed by atoms with van der Waals surface area (Å²) in [4.78, 5) is 16.5. The van der Waals surface area contributed by atoms with Crippen LogP contribution in [-0.4, -0.2) is 36.0 Å². The molecule has 6 nitrogen and oxygen atoms in total. The van der Waals surface area contributed by atoms with E-state index in [1.165, 1.54) is 17.2 Å². The number of para-hydroxylation sites is 1. The van der Waals surface area contributed by atoms with Gasteiger partial charge in [0.25, 0.3) is 0 Å². The summed E-state index contributed by atoms with van der Waals surface area (Å²) >= 11 is 0. The third-order valence-electron chi connectivity index (χ3n) is 4.20. The molecule has 4 rings (SSSR count). The number of hydrogen-bond donors (Lipinski definition) is 1. The van der Waals surface area contributed by atoms with Crippen molar-refractivity contribution < 1.29 is 9.00 Å². The maximum Gasteiger partial charge on any atom is 0.221 e. The number of nitrogens with one attached hydrogen (secondary N) is 1. The maximum absolute atomic E-state index is 13.2. The Morgan fingerprint density at radius 1 is 1.12 bits per heavy atom. The third-order valence-corrected chi connectivity index (χ3v) is 5.03. The molecule has 2 heterocycles. The van der Waals surface area contributed by atoms with E-state index in [1.54, 1.807) is 0 Å². The zero-order valence-corrected chi connectivity index (χ0v) is 14.9. The van der Waals surface area contributed by atoms with Crippen LogP contribution >= 0.6 is 0 Å². The summed E-state index contributed by atoms with van der Waals surface area (Å²) in [6, 6.07) is 17.5. The second-order valence-corrected chi connectivity index (χ2v) is 7.18. The number of nitrogens with zero attached hydrogens (tertiary/aromatic N) is 3. The maximum atomic E-state index is 13.2. The first-order chi connectivity index (χ1) is 12.6. The number of ketones is 1. The lowest BCUT2D eigenvalue weighted by molar-refractivity contribution is 0.0971. The molecule has 7 heteroatoms. The van der Waals surface area contributed by atoms with Crippen molar-refractivity contribution >= 4 is 27.5 Å². The summed E-state index contributed by atoms with van der Waals surface area (Å²) in [6.45, 7) is 0.0313. The molecule has 130 valence electrons. The van der Waals surface area contributed by atoms with E-state index >= 15 is 0 Å². The van der Waals surface area contributed by atoms with E-state index in [2.05, 4.69) is 15.2 Å². The Kier molecular flexibility index (Phi) is 4.22. The lowest BCUT2D eigenvalue weighted by Gasteiger charge is -2.07. The molecular weight excluding hydrogens is 348 g/mol. The summed E-state index contributed by atoms with van der Waals surface area (Å²) in [5.41, 5.74) is 3.24. The van der Waals surface area contributed by atoms with Gasteiger partial charge < -0.3 is 4.98 Å². The minimum atomic E-state index is -1.31. The van der Waals surface area contributed by atoms with Gasteiger partial charge in [0.2, 0.25) is 5.16 Å². The fourth-order valence-corrected chi connectivity index (χ4v) is 3.67. The lowest BCUT2D eigenvalue weighted by Crippen LogP contribution is -2.13. The predicted molar refractivity (Wildman–Crippen MR) is 100 cm³/mol. The highest BCUT2D eigenvalue weighted by Gasteiger charge is 2.21. The Balaban J connectivity index is 1.83. The van der Waals surface area contributed by atoms with Crippen molar-refractivity contribution in [1.29, 1.82) is 0 Å². The molecule has 0 aliphatic rings. The number of carbonyl (C=O) groups is 1. The quantitative estimate of drug-likeness (QED) is 0.552. The molecule has 0 radical (unpaired) electrons. The van der Waals surface area contributed by atoms with Crippen molar-refractivity contribution in [3.63, 3.8) is 0 Å². The molecule has 2 aromatic carbocycles. The van der Waals surface area contributed by atoms with Gasteiger partial charge in [0, 0.05) is 17.2 Å². The van der Waals surface area contributed by atoms with Crippen LogP contribution in [0, 0.1) is 0 Å². The molecule has 0 amide bonds. The van der Waals surface area contributed by atoms with E-state index in [0.717, 1.165) is 22.2 Å². The van der Waals surface area contributed by atoms with Gasteiger partial charge in [-0.1, -0.05) is 48.5 Å². The van der Waals surface area contributed by atoms with Gasteiger partial charge in [-0.3, -0.25) is 13.6 Å². The van der Waals surface area contributed by atoms with E-state index in [9.17, 15) is 9.00 Å². The van der Waals surface area contributed by atoms with Crippen LogP contribution in [0.3, 0.4) is 0 Å². The van der Waals surface area contributed by atoms with Crippen molar-refractivity contribution in [2.45, 2.75) is 11.7 Å². The lowest BCUT2D eigenvalue weighted by atomic mass is 10.0. The van der Waals surface area contributed by atoms with Crippen LogP contribution in [0.2, 0.25) is 0 Å². The fraction of sp³-hybridized carbons (Fsp3) is 0.105. The molecule has 1 atom stereocenters. The smallest absolute Gasteiger partial charge is 0.221 e. The monoisotopic (exact) mass is 364 g/mol. The van der Waals surface area contributed by atoms with Crippen molar-refractivity contribution in [2.24, 2.45) is 0 Å². The SMILES string of the molecule is C[S@](=O)c1nncn1CC(=O)c1c(-c2ccccc2)[nH]c2ccccc12. The van der Waals surface area contributed by atoms with Gasteiger partial charge in [0.05, 0.1) is 28.6 Å². The van der Waals surface area contributed by atoms with Gasteiger partial charge in [-0.2, -0.15) is 0 Å². The number of fused-ring (bicyclic) bond motifs is 1. The molecule has 1 N–H and O–H groups in total. The zero-order chi connectivity index (χ0) is 18.1. The molecule has 26 heavy (non-hydrogen) atoms. The van der Waals surface area contributed by atoms with Crippen molar-refractivity contribution in [2.75, 3.05) is 6.26 Å². The Morgan fingerprint density at radius 3 is 2.62 bits per heavy atom. The van der Waals surface area contributed by atoms with Crippen LogP contribution in [0.5, 0.6) is 0 Å². The average molecular weight is 364 g/mol. The Labute approximate surface area is 152 Å². The van der Waals surface area contributed by atoms with E-state index < -0.39 is 10.8 Å². The molecular formula is C19H16N4O2S. The predicted octanol–water partition coefficient (Wildman–Crippen LogP) is 3.05. The minimum absolute atomic E-state index is 0.0313. The van der Waals surface area contributed by atoms with E-state index in [-0.39, 0.29) is 12.3 Å². The molecule has 2 aromatic heterocycles. The van der Waals surface area contributed by atoms with Crippen LogP contribution < -0.4 is 0 Å². The van der Waals surface area contributed by atoms with Crippen LogP contribution in [-0.2, 0) is 17.3 Å². The highest BCUT2D eigenvalue weighted by molar-refractivity contribution is 7.84. The first kappa shape index (κ1) is 16.4. The number of rotatable bonds is 5. The molecule has 0 unspecified atom stereocenters. The second kappa shape index (κ2) is 6.68. The first-order valence-electron chi connectivity index (χ1n) is 8.05. The zero-order valence-electron chi connectivity index (χ0n) is 14.0. The molecule has 0 aliphatic carbocycles. The van der Waals surface area contributed by atoms with Crippen LogP contribution in [0.25, 0.3) is 22.2 Å². The number of carbonyl (C=O) groups excluding carboxylic acids is 1. The molecule has 0 bridgehead atoms. The van der Waals surface area contributed by atoms with E-state index in [0.29, 0.717) is 10.7 Å². The topological polar surface area (TPSA) is 80.6 Å². The van der Waals surface area contributed by atoms with Gasteiger partial charge in [0.15, 0.2) is 5.78 Å².